The molecule has 0 saturated carbocycles. The summed E-state index contributed by atoms with van der Waals surface area (Å²) in [5.74, 6) is 0.803. The molecule has 1 amide bonds. The highest BCUT2D eigenvalue weighted by Gasteiger charge is 2.06. The molecule has 0 aliphatic rings. The van der Waals surface area contributed by atoms with Gasteiger partial charge >= 0.3 is 0 Å². The molecule has 0 bridgehead atoms. The molecule has 26 heavy (non-hydrogen) atoms. The molecule has 0 aromatic heterocycles. The number of aryl methyl sites for hydroxylation is 1. The summed E-state index contributed by atoms with van der Waals surface area (Å²) in [6.45, 7) is 2.02. The van der Waals surface area contributed by atoms with Gasteiger partial charge in [-0.15, -0.1) is 0 Å². The zero-order valence-electron chi connectivity index (χ0n) is 15.0. The summed E-state index contributed by atoms with van der Waals surface area (Å²) in [5.41, 5.74) is 4.88. The fourth-order valence-corrected chi connectivity index (χ4v) is 2.66. The Balaban J connectivity index is 1.58. The van der Waals surface area contributed by atoms with E-state index in [4.69, 9.17) is 4.74 Å². The predicted octanol–water partition coefficient (Wildman–Crippen LogP) is 4.93. The first kappa shape index (κ1) is 17.5. The summed E-state index contributed by atoms with van der Waals surface area (Å²) < 4.78 is 5.15. The third kappa shape index (κ3) is 4.63. The van der Waals surface area contributed by atoms with E-state index in [1.54, 1.807) is 7.11 Å². The van der Waals surface area contributed by atoms with Crippen LogP contribution in [-0.2, 0) is 11.2 Å². The van der Waals surface area contributed by atoms with E-state index in [1.165, 1.54) is 0 Å². The van der Waals surface area contributed by atoms with Crippen molar-refractivity contribution in [3.8, 4) is 5.75 Å². The van der Waals surface area contributed by atoms with Crippen molar-refractivity contribution < 1.29 is 9.53 Å². The maximum absolute atomic E-state index is 12.2. The Morgan fingerprint density at radius 3 is 2.04 bits per heavy atom. The van der Waals surface area contributed by atoms with E-state index in [0.717, 1.165) is 33.9 Å². The molecule has 0 heterocycles. The van der Waals surface area contributed by atoms with Gasteiger partial charge in [0.25, 0.3) is 0 Å². The summed E-state index contributed by atoms with van der Waals surface area (Å²) >= 11 is 0. The molecule has 2 N–H and O–H groups in total. The largest absolute Gasteiger partial charge is 0.497 e. The van der Waals surface area contributed by atoms with Crippen LogP contribution in [0.5, 0.6) is 5.75 Å². The quantitative estimate of drug-likeness (QED) is 0.665. The third-order valence-corrected chi connectivity index (χ3v) is 4.16. The Hall–Kier alpha value is -3.27. The maximum atomic E-state index is 12.2. The van der Waals surface area contributed by atoms with Crippen molar-refractivity contribution in [3.05, 3.63) is 83.9 Å². The Morgan fingerprint density at radius 1 is 0.846 bits per heavy atom. The highest BCUT2D eigenvalue weighted by molar-refractivity contribution is 5.92. The normalized spacial score (nSPS) is 10.2. The second-order valence-corrected chi connectivity index (χ2v) is 6.08. The van der Waals surface area contributed by atoms with Crippen LogP contribution in [0, 0.1) is 6.92 Å². The number of anilines is 3. The molecular weight excluding hydrogens is 324 g/mol. The summed E-state index contributed by atoms with van der Waals surface area (Å²) in [5, 5.41) is 6.26. The van der Waals surface area contributed by atoms with Crippen molar-refractivity contribution in [1.29, 1.82) is 0 Å². The van der Waals surface area contributed by atoms with Gasteiger partial charge < -0.3 is 15.4 Å². The molecule has 0 fully saturated rings. The lowest BCUT2D eigenvalue weighted by molar-refractivity contribution is -0.115. The summed E-state index contributed by atoms with van der Waals surface area (Å²) in [4.78, 5) is 12.2. The first-order valence-electron chi connectivity index (χ1n) is 8.49. The van der Waals surface area contributed by atoms with E-state index < -0.39 is 0 Å². The number of nitrogens with one attached hydrogen (secondary N) is 2. The number of carbonyl (C=O) groups is 1. The molecule has 0 radical (unpaired) electrons. The van der Waals surface area contributed by atoms with Gasteiger partial charge in [-0.2, -0.15) is 0 Å². The van der Waals surface area contributed by atoms with Gasteiger partial charge in [0.1, 0.15) is 5.75 Å². The minimum Gasteiger partial charge on any atom is -0.497 e. The molecular formula is C22H22N2O2. The van der Waals surface area contributed by atoms with Crippen molar-refractivity contribution in [2.45, 2.75) is 13.3 Å². The van der Waals surface area contributed by atoms with Crippen molar-refractivity contribution in [2.24, 2.45) is 0 Å². The van der Waals surface area contributed by atoms with Gasteiger partial charge in [0.05, 0.1) is 13.5 Å². The Bertz CT molecular complexity index is 871. The first-order chi connectivity index (χ1) is 12.6. The van der Waals surface area contributed by atoms with Crippen LogP contribution >= 0.6 is 0 Å². The monoisotopic (exact) mass is 346 g/mol. The van der Waals surface area contributed by atoms with Gasteiger partial charge in [-0.05, 0) is 66.6 Å². The molecule has 0 aliphatic carbocycles. The second-order valence-electron chi connectivity index (χ2n) is 6.08. The van der Waals surface area contributed by atoms with Gasteiger partial charge in [-0.3, -0.25) is 4.79 Å². The van der Waals surface area contributed by atoms with Gasteiger partial charge in [0.15, 0.2) is 0 Å². The minimum atomic E-state index is -0.0184. The number of carbonyl (C=O) groups excluding carboxylic acids is 1. The smallest absolute Gasteiger partial charge is 0.228 e. The van der Waals surface area contributed by atoms with Gasteiger partial charge in [0, 0.05) is 17.1 Å². The number of amides is 1. The highest BCUT2D eigenvalue weighted by atomic mass is 16.5. The fraction of sp³-hybridized carbons (Fsp3) is 0.136. The molecule has 4 heteroatoms. The van der Waals surface area contributed by atoms with Crippen LogP contribution in [-0.4, -0.2) is 13.0 Å². The van der Waals surface area contributed by atoms with Gasteiger partial charge in [0.2, 0.25) is 5.91 Å². The standard InChI is InChI=1S/C22H22N2O2/c1-16-5-3-4-6-17(16)15-22(25)24-20-9-7-18(8-10-20)23-19-11-13-21(26-2)14-12-19/h3-14,23H,15H2,1-2H3,(H,24,25). The van der Waals surface area contributed by atoms with E-state index in [-0.39, 0.29) is 5.91 Å². The number of hydrogen-bond acceptors (Lipinski definition) is 3. The van der Waals surface area contributed by atoms with Crippen LogP contribution in [0.4, 0.5) is 17.1 Å². The SMILES string of the molecule is COc1ccc(Nc2ccc(NC(=O)Cc3ccccc3C)cc2)cc1. The zero-order valence-corrected chi connectivity index (χ0v) is 15.0. The first-order valence-corrected chi connectivity index (χ1v) is 8.49. The van der Waals surface area contributed by atoms with Gasteiger partial charge in [-0.25, -0.2) is 0 Å². The van der Waals surface area contributed by atoms with Crippen molar-refractivity contribution in [1.82, 2.24) is 0 Å². The number of methoxy groups -OCH3 is 1. The highest BCUT2D eigenvalue weighted by Crippen LogP contribution is 2.21. The Labute approximate surface area is 153 Å². The van der Waals surface area contributed by atoms with Crippen LogP contribution in [0.25, 0.3) is 0 Å². The molecule has 0 aliphatic heterocycles. The van der Waals surface area contributed by atoms with Crippen LogP contribution < -0.4 is 15.4 Å². The van der Waals surface area contributed by atoms with E-state index >= 15 is 0 Å². The molecule has 3 aromatic rings. The summed E-state index contributed by atoms with van der Waals surface area (Å²) in [7, 11) is 1.65. The van der Waals surface area contributed by atoms with E-state index in [0.29, 0.717) is 6.42 Å². The summed E-state index contributed by atoms with van der Waals surface area (Å²) in [6, 6.07) is 23.3. The Kier molecular flexibility index (Phi) is 5.54. The number of rotatable bonds is 6. The molecule has 132 valence electrons. The van der Waals surface area contributed by atoms with Crippen molar-refractivity contribution in [3.63, 3.8) is 0 Å². The topological polar surface area (TPSA) is 50.4 Å². The second kappa shape index (κ2) is 8.21. The lowest BCUT2D eigenvalue weighted by atomic mass is 10.1. The molecule has 3 rings (SSSR count). The Morgan fingerprint density at radius 2 is 1.42 bits per heavy atom. The molecule has 3 aromatic carbocycles. The van der Waals surface area contributed by atoms with Crippen LogP contribution in [0.2, 0.25) is 0 Å². The van der Waals surface area contributed by atoms with E-state index in [1.807, 2.05) is 79.7 Å². The predicted molar refractivity (Wildman–Crippen MR) is 106 cm³/mol. The molecule has 0 unspecified atom stereocenters. The number of benzene rings is 3. The van der Waals surface area contributed by atoms with Crippen LogP contribution in [0.3, 0.4) is 0 Å². The molecule has 0 spiro atoms. The number of ether oxygens (including phenoxy) is 1. The third-order valence-electron chi connectivity index (χ3n) is 4.16. The zero-order chi connectivity index (χ0) is 18.4. The van der Waals surface area contributed by atoms with Crippen molar-refractivity contribution in [2.75, 3.05) is 17.7 Å². The fourth-order valence-electron chi connectivity index (χ4n) is 2.66. The van der Waals surface area contributed by atoms with Crippen LogP contribution in [0.1, 0.15) is 11.1 Å². The summed E-state index contributed by atoms with van der Waals surface area (Å²) in [6.07, 6.45) is 0.374. The molecule has 0 atom stereocenters. The average Bonchev–Trinajstić information content (AvgIpc) is 2.66. The lowest BCUT2D eigenvalue weighted by Crippen LogP contribution is -2.14. The number of hydrogen-bond donors (Lipinski definition) is 2. The molecule has 4 nitrogen and oxygen atoms in total. The van der Waals surface area contributed by atoms with Crippen molar-refractivity contribution >= 4 is 23.0 Å². The van der Waals surface area contributed by atoms with Gasteiger partial charge in [-0.1, -0.05) is 24.3 Å². The van der Waals surface area contributed by atoms with Crippen LogP contribution in [0.15, 0.2) is 72.8 Å². The maximum Gasteiger partial charge on any atom is 0.228 e. The molecule has 0 saturated heterocycles. The lowest BCUT2D eigenvalue weighted by Gasteiger charge is -2.10. The average molecular weight is 346 g/mol. The minimum absolute atomic E-state index is 0.0184. The van der Waals surface area contributed by atoms with E-state index in [9.17, 15) is 4.79 Å². The van der Waals surface area contributed by atoms with E-state index in [2.05, 4.69) is 10.6 Å².